The van der Waals surface area contributed by atoms with Gasteiger partial charge in [-0.1, -0.05) is 13.8 Å². The lowest BCUT2D eigenvalue weighted by Gasteiger charge is -2.26. The molecule has 9 heteroatoms. The van der Waals surface area contributed by atoms with Crippen LogP contribution in [0.5, 0.6) is 0 Å². The molecule has 1 atom stereocenters. The van der Waals surface area contributed by atoms with Crippen molar-refractivity contribution in [2.24, 2.45) is 0 Å². The van der Waals surface area contributed by atoms with Gasteiger partial charge in [0.05, 0.1) is 6.61 Å². The number of aromatic nitrogens is 2. The van der Waals surface area contributed by atoms with Gasteiger partial charge in [-0.25, -0.2) is 4.79 Å². The van der Waals surface area contributed by atoms with E-state index in [9.17, 15) is 24.3 Å². The maximum absolute atomic E-state index is 12.4. The first kappa shape index (κ1) is 18.6. The summed E-state index contributed by atoms with van der Waals surface area (Å²) in [6.07, 6.45) is 2.46. The molecule has 0 saturated carbocycles. The van der Waals surface area contributed by atoms with Gasteiger partial charge in [-0.2, -0.15) is 0 Å². The predicted molar refractivity (Wildman–Crippen MR) is 83.2 cm³/mol. The highest BCUT2D eigenvalue weighted by molar-refractivity contribution is 5.97. The number of hydrogen-bond donors (Lipinski definition) is 4. The zero-order valence-electron chi connectivity index (χ0n) is 13.2. The van der Waals surface area contributed by atoms with Gasteiger partial charge in [0.1, 0.15) is 11.6 Å². The standard InChI is InChI=1S/C14H22N4O5/c1-3-5-18(6-4-2)13(22)10(8-19)16-11(20)9-7-15-14(23)17-12(9)21/h7,10,19H,3-6,8H2,1-2H3,(H,16,20)(H2,15,17,21,23)/t10-/m0/s1. The van der Waals surface area contributed by atoms with Crippen LogP contribution in [0.25, 0.3) is 0 Å². The van der Waals surface area contributed by atoms with Crippen molar-refractivity contribution in [2.75, 3.05) is 19.7 Å². The predicted octanol–water partition coefficient (Wildman–Crippen LogP) is -1.20. The van der Waals surface area contributed by atoms with E-state index in [0.29, 0.717) is 13.1 Å². The van der Waals surface area contributed by atoms with Crippen molar-refractivity contribution < 1.29 is 14.7 Å². The summed E-state index contributed by atoms with van der Waals surface area (Å²) in [5.41, 5.74) is -1.94. The Morgan fingerprint density at radius 2 is 1.87 bits per heavy atom. The van der Waals surface area contributed by atoms with Crippen LogP contribution in [0.2, 0.25) is 0 Å². The fourth-order valence-corrected chi connectivity index (χ4v) is 2.09. The van der Waals surface area contributed by atoms with Gasteiger partial charge in [0.2, 0.25) is 5.91 Å². The second kappa shape index (κ2) is 8.89. The van der Waals surface area contributed by atoms with Gasteiger partial charge in [0.25, 0.3) is 11.5 Å². The van der Waals surface area contributed by atoms with Gasteiger partial charge in [-0.3, -0.25) is 19.4 Å². The molecule has 0 bridgehead atoms. The highest BCUT2D eigenvalue weighted by Crippen LogP contribution is 2.00. The summed E-state index contributed by atoms with van der Waals surface area (Å²) in [5, 5.41) is 11.7. The van der Waals surface area contributed by atoms with Crippen molar-refractivity contribution in [1.82, 2.24) is 20.2 Å². The van der Waals surface area contributed by atoms with E-state index >= 15 is 0 Å². The number of aliphatic hydroxyl groups is 1. The first-order chi connectivity index (χ1) is 10.9. The molecular formula is C14H22N4O5. The van der Waals surface area contributed by atoms with Crippen LogP contribution in [-0.2, 0) is 4.79 Å². The number of carbonyl (C=O) groups is 2. The van der Waals surface area contributed by atoms with E-state index < -0.39 is 35.7 Å². The minimum absolute atomic E-state index is 0.339. The number of H-pyrrole nitrogens is 2. The fraction of sp³-hybridized carbons (Fsp3) is 0.571. The number of rotatable bonds is 8. The van der Waals surface area contributed by atoms with Crippen LogP contribution in [0, 0.1) is 0 Å². The number of aliphatic hydroxyl groups excluding tert-OH is 1. The van der Waals surface area contributed by atoms with Gasteiger partial charge in [0.15, 0.2) is 0 Å². The third kappa shape index (κ3) is 5.06. The number of hydrogen-bond acceptors (Lipinski definition) is 5. The maximum atomic E-state index is 12.4. The molecule has 1 aromatic heterocycles. The molecule has 9 nitrogen and oxygen atoms in total. The summed E-state index contributed by atoms with van der Waals surface area (Å²) in [5.74, 6) is -1.26. The highest BCUT2D eigenvalue weighted by Gasteiger charge is 2.25. The molecule has 0 aromatic carbocycles. The lowest BCUT2D eigenvalue weighted by atomic mass is 10.2. The molecule has 128 valence electrons. The van der Waals surface area contributed by atoms with E-state index in [1.54, 1.807) is 4.90 Å². The minimum Gasteiger partial charge on any atom is -0.394 e. The lowest BCUT2D eigenvalue weighted by molar-refractivity contribution is -0.134. The van der Waals surface area contributed by atoms with Crippen molar-refractivity contribution in [1.29, 1.82) is 0 Å². The van der Waals surface area contributed by atoms with Crippen molar-refractivity contribution in [3.63, 3.8) is 0 Å². The van der Waals surface area contributed by atoms with E-state index in [2.05, 4.69) is 10.3 Å². The number of carbonyl (C=O) groups excluding carboxylic acids is 2. The van der Waals surface area contributed by atoms with Crippen molar-refractivity contribution in [2.45, 2.75) is 32.7 Å². The number of nitrogens with zero attached hydrogens (tertiary/aromatic N) is 1. The molecule has 4 N–H and O–H groups in total. The zero-order chi connectivity index (χ0) is 17.4. The van der Waals surface area contributed by atoms with Crippen LogP contribution < -0.4 is 16.6 Å². The molecular weight excluding hydrogens is 304 g/mol. The third-order valence-electron chi connectivity index (χ3n) is 3.15. The van der Waals surface area contributed by atoms with E-state index in [1.165, 1.54) is 0 Å². The second-order valence-corrected chi connectivity index (χ2v) is 5.02. The Bertz CT molecular complexity index is 645. The van der Waals surface area contributed by atoms with Crippen molar-refractivity contribution in [3.8, 4) is 0 Å². The molecule has 0 aliphatic rings. The second-order valence-electron chi connectivity index (χ2n) is 5.02. The molecule has 0 fully saturated rings. The Balaban J connectivity index is 2.89. The number of nitrogens with one attached hydrogen (secondary N) is 3. The average Bonchev–Trinajstić information content (AvgIpc) is 2.51. The number of amides is 2. The van der Waals surface area contributed by atoms with Crippen LogP contribution in [0.3, 0.4) is 0 Å². The van der Waals surface area contributed by atoms with Crippen LogP contribution in [0.1, 0.15) is 37.0 Å². The van der Waals surface area contributed by atoms with Gasteiger partial charge in [-0.05, 0) is 12.8 Å². The number of aromatic amines is 2. The molecule has 0 spiro atoms. The topological polar surface area (TPSA) is 135 Å². The summed E-state index contributed by atoms with van der Waals surface area (Å²) in [6.45, 7) is 4.27. The summed E-state index contributed by atoms with van der Waals surface area (Å²) >= 11 is 0. The fourth-order valence-electron chi connectivity index (χ4n) is 2.09. The molecule has 1 heterocycles. The maximum Gasteiger partial charge on any atom is 0.325 e. The van der Waals surface area contributed by atoms with E-state index in [0.717, 1.165) is 19.0 Å². The quantitative estimate of drug-likeness (QED) is 0.476. The SMILES string of the molecule is CCCN(CCC)C(=O)[C@H](CO)NC(=O)c1c[nH]c(=O)[nH]c1=O. The molecule has 23 heavy (non-hydrogen) atoms. The first-order valence-electron chi connectivity index (χ1n) is 7.47. The van der Waals surface area contributed by atoms with Gasteiger partial charge < -0.3 is 20.3 Å². The molecule has 1 rings (SSSR count). The zero-order valence-corrected chi connectivity index (χ0v) is 13.2. The highest BCUT2D eigenvalue weighted by atomic mass is 16.3. The van der Waals surface area contributed by atoms with Crippen LogP contribution in [-0.4, -0.2) is 57.5 Å². The molecule has 0 unspecified atom stereocenters. The normalized spacial score (nSPS) is 11.8. The Morgan fingerprint density at radius 1 is 1.26 bits per heavy atom. The third-order valence-corrected chi connectivity index (χ3v) is 3.15. The average molecular weight is 326 g/mol. The van der Waals surface area contributed by atoms with Crippen LogP contribution in [0.4, 0.5) is 0 Å². The van der Waals surface area contributed by atoms with Crippen LogP contribution >= 0.6 is 0 Å². The summed E-state index contributed by atoms with van der Waals surface area (Å²) in [4.78, 5) is 52.6. The van der Waals surface area contributed by atoms with E-state index in [1.807, 2.05) is 18.8 Å². The lowest BCUT2D eigenvalue weighted by Crippen LogP contribution is -2.51. The largest absolute Gasteiger partial charge is 0.394 e. The van der Waals surface area contributed by atoms with Gasteiger partial charge in [0, 0.05) is 19.3 Å². The summed E-state index contributed by atoms with van der Waals surface area (Å²) < 4.78 is 0. The Hall–Kier alpha value is -2.42. The Morgan fingerprint density at radius 3 is 2.35 bits per heavy atom. The molecule has 0 aliphatic heterocycles. The Kier molecular flexibility index (Phi) is 7.20. The van der Waals surface area contributed by atoms with Crippen molar-refractivity contribution in [3.05, 3.63) is 32.6 Å². The van der Waals surface area contributed by atoms with Gasteiger partial charge >= 0.3 is 5.69 Å². The van der Waals surface area contributed by atoms with E-state index in [4.69, 9.17) is 0 Å². The van der Waals surface area contributed by atoms with Gasteiger partial charge in [-0.15, -0.1) is 0 Å². The first-order valence-corrected chi connectivity index (χ1v) is 7.47. The smallest absolute Gasteiger partial charge is 0.325 e. The minimum atomic E-state index is -1.15. The summed E-state index contributed by atoms with van der Waals surface area (Å²) in [6, 6.07) is -1.15. The molecule has 1 aromatic rings. The monoisotopic (exact) mass is 326 g/mol. The van der Waals surface area contributed by atoms with Crippen molar-refractivity contribution >= 4 is 11.8 Å². The van der Waals surface area contributed by atoms with Crippen LogP contribution in [0.15, 0.2) is 15.8 Å². The molecule has 2 amide bonds. The van der Waals surface area contributed by atoms with E-state index in [-0.39, 0.29) is 5.56 Å². The Labute approximate surface area is 132 Å². The summed E-state index contributed by atoms with van der Waals surface area (Å²) in [7, 11) is 0. The molecule has 0 radical (unpaired) electrons. The molecule has 0 aliphatic carbocycles. The molecule has 0 saturated heterocycles.